The molecule has 9 nitrogen and oxygen atoms in total. The minimum absolute atomic E-state index is 0.0152. The monoisotopic (exact) mass is 377 g/mol. The second-order valence-electron chi connectivity index (χ2n) is 7.27. The van der Waals surface area contributed by atoms with Gasteiger partial charge in [-0.3, -0.25) is 9.67 Å². The van der Waals surface area contributed by atoms with Gasteiger partial charge < -0.3 is 10.2 Å². The molecule has 1 unspecified atom stereocenters. The van der Waals surface area contributed by atoms with Crippen LogP contribution < -0.4 is 10.2 Å². The van der Waals surface area contributed by atoms with Crippen LogP contribution in [0.15, 0.2) is 54.2 Å². The van der Waals surface area contributed by atoms with Gasteiger partial charge in [-0.15, -0.1) is 0 Å². The third-order valence-corrected chi connectivity index (χ3v) is 4.59. The van der Waals surface area contributed by atoms with Crippen LogP contribution in [0.2, 0.25) is 0 Å². The SMILES string of the molecule is CN(CC1(C)C=CC=NC1)c1cnn(-c2ccnc(Nc3cnn(C)c3)n2)c1. The molecule has 28 heavy (non-hydrogen) atoms. The van der Waals surface area contributed by atoms with Crippen molar-refractivity contribution in [2.45, 2.75) is 6.92 Å². The first-order chi connectivity index (χ1) is 13.5. The third-order valence-electron chi connectivity index (χ3n) is 4.59. The van der Waals surface area contributed by atoms with Gasteiger partial charge in [0.2, 0.25) is 5.95 Å². The molecule has 0 spiro atoms. The van der Waals surface area contributed by atoms with E-state index in [0.29, 0.717) is 11.8 Å². The molecule has 1 atom stereocenters. The molecule has 1 aliphatic heterocycles. The second kappa shape index (κ2) is 7.26. The Morgan fingerprint density at radius 1 is 1.25 bits per heavy atom. The van der Waals surface area contributed by atoms with E-state index < -0.39 is 0 Å². The van der Waals surface area contributed by atoms with Crippen molar-refractivity contribution in [3.8, 4) is 5.82 Å². The van der Waals surface area contributed by atoms with Crippen LogP contribution in [0.5, 0.6) is 0 Å². The van der Waals surface area contributed by atoms with Gasteiger partial charge in [-0.2, -0.15) is 15.2 Å². The molecular weight excluding hydrogens is 354 g/mol. The Morgan fingerprint density at radius 3 is 2.89 bits per heavy atom. The van der Waals surface area contributed by atoms with Gasteiger partial charge in [0, 0.05) is 57.3 Å². The van der Waals surface area contributed by atoms with Crippen molar-refractivity contribution in [3.63, 3.8) is 0 Å². The first kappa shape index (κ1) is 17.9. The summed E-state index contributed by atoms with van der Waals surface area (Å²) in [5, 5.41) is 11.7. The molecule has 9 heteroatoms. The molecule has 144 valence electrons. The maximum absolute atomic E-state index is 4.54. The lowest BCUT2D eigenvalue weighted by molar-refractivity contribution is 0.443. The van der Waals surface area contributed by atoms with E-state index in [-0.39, 0.29) is 5.41 Å². The van der Waals surface area contributed by atoms with Crippen molar-refractivity contribution in [3.05, 3.63) is 49.2 Å². The van der Waals surface area contributed by atoms with Crippen molar-refractivity contribution in [2.24, 2.45) is 17.5 Å². The van der Waals surface area contributed by atoms with Crippen molar-refractivity contribution in [2.75, 3.05) is 30.4 Å². The fraction of sp³-hybridized carbons (Fsp3) is 0.316. The van der Waals surface area contributed by atoms with Gasteiger partial charge >= 0.3 is 0 Å². The lowest BCUT2D eigenvalue weighted by Crippen LogP contribution is -2.35. The van der Waals surface area contributed by atoms with E-state index >= 15 is 0 Å². The summed E-state index contributed by atoms with van der Waals surface area (Å²) < 4.78 is 3.47. The molecule has 0 fully saturated rings. The average Bonchev–Trinajstić information content (AvgIpc) is 3.32. The maximum Gasteiger partial charge on any atom is 0.229 e. The van der Waals surface area contributed by atoms with E-state index in [1.165, 1.54) is 0 Å². The quantitative estimate of drug-likeness (QED) is 0.709. The van der Waals surface area contributed by atoms with Gasteiger partial charge in [-0.1, -0.05) is 13.0 Å². The summed E-state index contributed by atoms with van der Waals surface area (Å²) in [6.07, 6.45) is 15.2. The number of hydrogen-bond acceptors (Lipinski definition) is 7. The standard InChI is InChI=1S/C19H23N9/c1-19(6-4-7-20-13-19)14-26(2)16-10-23-28(12-16)17-5-8-21-18(25-17)24-15-9-22-27(3)11-15/h4-12H,13-14H2,1-3H3,(H,21,24,25). The molecule has 0 saturated carbocycles. The summed E-state index contributed by atoms with van der Waals surface area (Å²) in [7, 11) is 3.92. The average molecular weight is 377 g/mol. The number of nitrogens with one attached hydrogen (secondary N) is 1. The fourth-order valence-electron chi connectivity index (χ4n) is 3.17. The molecule has 3 aromatic heterocycles. The smallest absolute Gasteiger partial charge is 0.229 e. The van der Waals surface area contributed by atoms with Crippen LogP contribution in [0.3, 0.4) is 0 Å². The molecule has 0 amide bonds. The van der Waals surface area contributed by atoms with Crippen LogP contribution in [-0.4, -0.2) is 55.9 Å². The van der Waals surface area contributed by atoms with Gasteiger partial charge in [-0.05, 0) is 6.08 Å². The first-order valence-corrected chi connectivity index (χ1v) is 9.03. The van der Waals surface area contributed by atoms with E-state index in [1.807, 2.05) is 44.0 Å². The van der Waals surface area contributed by atoms with Crippen LogP contribution in [0.1, 0.15) is 6.92 Å². The number of rotatable bonds is 6. The Bertz CT molecular complexity index is 1020. The number of dihydropyridines is 1. The molecule has 0 radical (unpaired) electrons. The van der Waals surface area contributed by atoms with Crippen LogP contribution in [0.25, 0.3) is 5.82 Å². The van der Waals surface area contributed by atoms with Crippen LogP contribution >= 0.6 is 0 Å². The number of aliphatic imine (C=N–C) groups is 1. The Labute approximate surface area is 163 Å². The predicted molar refractivity (Wildman–Crippen MR) is 110 cm³/mol. The summed E-state index contributed by atoms with van der Waals surface area (Å²) >= 11 is 0. The van der Waals surface area contributed by atoms with E-state index in [2.05, 4.69) is 55.4 Å². The van der Waals surface area contributed by atoms with Gasteiger partial charge in [0.1, 0.15) is 0 Å². The van der Waals surface area contributed by atoms with Crippen molar-refractivity contribution >= 4 is 23.5 Å². The number of hydrogen-bond donors (Lipinski definition) is 1. The number of anilines is 3. The van der Waals surface area contributed by atoms with Crippen LogP contribution in [0.4, 0.5) is 17.3 Å². The minimum Gasteiger partial charge on any atom is -0.371 e. The Balaban J connectivity index is 1.48. The second-order valence-corrected chi connectivity index (χ2v) is 7.27. The lowest BCUT2D eigenvalue weighted by Gasteiger charge is -2.31. The maximum atomic E-state index is 4.54. The molecular formula is C19H23N9. The highest BCUT2D eigenvalue weighted by Gasteiger charge is 2.24. The van der Waals surface area contributed by atoms with E-state index in [9.17, 15) is 0 Å². The summed E-state index contributed by atoms with van der Waals surface area (Å²) in [4.78, 5) is 15.4. The summed E-state index contributed by atoms with van der Waals surface area (Å²) in [5.74, 6) is 1.18. The summed E-state index contributed by atoms with van der Waals surface area (Å²) in [6.45, 7) is 3.85. The Morgan fingerprint density at radius 2 is 2.14 bits per heavy atom. The molecule has 4 heterocycles. The molecule has 4 rings (SSSR count). The van der Waals surface area contributed by atoms with E-state index in [4.69, 9.17) is 0 Å². The topological polar surface area (TPSA) is 89.0 Å². The Hall–Kier alpha value is -3.49. The Kier molecular flexibility index (Phi) is 4.64. The third kappa shape index (κ3) is 3.93. The number of nitrogens with zero attached hydrogens (tertiary/aromatic N) is 8. The largest absolute Gasteiger partial charge is 0.371 e. The zero-order chi connectivity index (χ0) is 19.6. The molecule has 0 saturated heterocycles. The molecule has 0 aliphatic carbocycles. The predicted octanol–water partition coefficient (Wildman–Crippen LogP) is 2.22. The summed E-state index contributed by atoms with van der Waals surface area (Å²) in [5.41, 5.74) is 1.86. The lowest BCUT2D eigenvalue weighted by atomic mass is 9.88. The highest BCUT2D eigenvalue weighted by molar-refractivity contribution is 5.72. The van der Waals surface area contributed by atoms with Gasteiger partial charge in [0.15, 0.2) is 5.82 Å². The van der Waals surface area contributed by atoms with Gasteiger partial charge in [0.05, 0.1) is 30.0 Å². The molecule has 0 aromatic carbocycles. The summed E-state index contributed by atoms with van der Waals surface area (Å²) in [6, 6.07) is 1.82. The van der Waals surface area contributed by atoms with Gasteiger partial charge in [0.25, 0.3) is 0 Å². The zero-order valence-electron chi connectivity index (χ0n) is 16.2. The highest BCUT2D eigenvalue weighted by Crippen LogP contribution is 2.25. The number of aromatic nitrogens is 6. The van der Waals surface area contributed by atoms with Crippen molar-refractivity contribution in [1.29, 1.82) is 0 Å². The number of allylic oxidation sites excluding steroid dienone is 1. The van der Waals surface area contributed by atoms with E-state index in [1.54, 1.807) is 21.8 Å². The van der Waals surface area contributed by atoms with Gasteiger partial charge in [-0.25, -0.2) is 9.67 Å². The molecule has 1 N–H and O–H groups in total. The highest BCUT2D eigenvalue weighted by atomic mass is 15.3. The molecule has 1 aliphatic rings. The van der Waals surface area contributed by atoms with E-state index in [0.717, 1.165) is 24.5 Å². The normalized spacial score (nSPS) is 18.4. The zero-order valence-corrected chi connectivity index (χ0v) is 16.2. The fourth-order valence-corrected chi connectivity index (χ4v) is 3.17. The van der Waals surface area contributed by atoms with Crippen LogP contribution in [-0.2, 0) is 7.05 Å². The van der Waals surface area contributed by atoms with Crippen molar-refractivity contribution in [1.82, 2.24) is 29.5 Å². The minimum atomic E-state index is 0.0152. The molecule has 0 bridgehead atoms. The molecule has 3 aromatic rings. The van der Waals surface area contributed by atoms with Crippen molar-refractivity contribution < 1.29 is 0 Å². The van der Waals surface area contributed by atoms with Crippen LogP contribution in [0, 0.1) is 5.41 Å². The first-order valence-electron chi connectivity index (χ1n) is 9.03. The number of aryl methyl sites for hydroxylation is 1.